The molecule has 0 saturated carbocycles. The van der Waals surface area contributed by atoms with Gasteiger partial charge in [-0.05, 0) is 51.8 Å². The molecule has 0 saturated heterocycles. The van der Waals surface area contributed by atoms with Crippen LogP contribution >= 0.6 is 0 Å². The summed E-state index contributed by atoms with van der Waals surface area (Å²) < 4.78 is 16.8. The Bertz CT molecular complexity index is 863. The summed E-state index contributed by atoms with van der Waals surface area (Å²) in [6.45, 7) is 11.0. The highest BCUT2D eigenvalue weighted by molar-refractivity contribution is 5.95. The van der Waals surface area contributed by atoms with Crippen molar-refractivity contribution in [1.29, 1.82) is 0 Å². The zero-order valence-electron chi connectivity index (χ0n) is 19.4. The average Bonchev–Trinajstić information content (AvgIpc) is 2.77. The first-order valence-corrected chi connectivity index (χ1v) is 11.0. The Balaban J connectivity index is 2.32. The molecular weight excluding hydrogens is 414 g/mol. The van der Waals surface area contributed by atoms with Gasteiger partial charge in [-0.15, -0.1) is 0 Å². The number of nitrogens with one attached hydrogen (secondary N) is 2. The molecule has 32 heavy (non-hydrogen) atoms. The summed E-state index contributed by atoms with van der Waals surface area (Å²) in [7, 11) is 0. The first-order chi connectivity index (χ1) is 15.4. The van der Waals surface area contributed by atoms with Crippen LogP contribution in [0.4, 0.5) is 4.79 Å². The van der Waals surface area contributed by atoms with Gasteiger partial charge in [0.25, 0.3) is 5.91 Å². The van der Waals surface area contributed by atoms with E-state index in [1.807, 2.05) is 27.7 Å². The number of esters is 1. The zero-order valence-corrected chi connectivity index (χ0v) is 19.4. The lowest BCUT2D eigenvalue weighted by atomic mass is 9.95. The Morgan fingerprint density at radius 1 is 1.06 bits per heavy atom. The Morgan fingerprint density at radius 2 is 1.78 bits per heavy atom. The molecule has 1 aromatic rings. The van der Waals surface area contributed by atoms with Crippen LogP contribution in [-0.4, -0.2) is 55.7 Å². The van der Waals surface area contributed by atoms with Crippen LogP contribution in [0.2, 0.25) is 0 Å². The zero-order chi connectivity index (χ0) is 23.7. The smallest absolute Gasteiger partial charge is 0.338 e. The molecule has 9 heteroatoms. The molecule has 0 spiro atoms. The molecule has 1 atom stereocenters. The van der Waals surface area contributed by atoms with Gasteiger partial charge in [-0.3, -0.25) is 4.79 Å². The van der Waals surface area contributed by atoms with Crippen LogP contribution < -0.4 is 20.1 Å². The molecule has 1 aliphatic heterocycles. The molecule has 0 fully saturated rings. The minimum absolute atomic E-state index is 0.112. The van der Waals surface area contributed by atoms with Gasteiger partial charge in [0.15, 0.2) is 18.1 Å². The first kappa shape index (κ1) is 25.0. The molecule has 0 bridgehead atoms. The van der Waals surface area contributed by atoms with Crippen molar-refractivity contribution in [2.75, 3.05) is 32.9 Å². The third-order valence-electron chi connectivity index (χ3n) is 4.99. The van der Waals surface area contributed by atoms with Crippen LogP contribution in [0.15, 0.2) is 29.5 Å². The summed E-state index contributed by atoms with van der Waals surface area (Å²) in [5, 5.41) is 5.40. The summed E-state index contributed by atoms with van der Waals surface area (Å²) in [5.41, 5.74) is 1.39. The maximum atomic E-state index is 12.7. The molecule has 0 radical (unpaired) electrons. The van der Waals surface area contributed by atoms with Crippen molar-refractivity contribution in [1.82, 2.24) is 15.5 Å². The maximum Gasteiger partial charge on any atom is 0.338 e. The van der Waals surface area contributed by atoms with E-state index in [2.05, 4.69) is 10.6 Å². The van der Waals surface area contributed by atoms with Gasteiger partial charge in [0.1, 0.15) is 0 Å². The van der Waals surface area contributed by atoms with Crippen molar-refractivity contribution < 1.29 is 28.6 Å². The van der Waals surface area contributed by atoms with Gasteiger partial charge in [0.2, 0.25) is 0 Å². The standard InChI is InChI=1S/C23H33N3O6/c1-6-12-31-22(28)20-15(5)24-23(29)25-21(20)16-10-11-17(18(13-16)30-9-4)32-14-19(27)26(7-2)8-3/h10-11,13,21H,6-9,12,14H2,1-5H3,(H2,24,25,29). The number of amides is 3. The highest BCUT2D eigenvalue weighted by Crippen LogP contribution is 2.35. The number of allylic oxidation sites excluding steroid dienone is 1. The third kappa shape index (κ3) is 6.15. The van der Waals surface area contributed by atoms with E-state index in [0.717, 1.165) is 0 Å². The van der Waals surface area contributed by atoms with Gasteiger partial charge in [-0.2, -0.15) is 0 Å². The Morgan fingerprint density at radius 3 is 2.41 bits per heavy atom. The number of hydrogen-bond acceptors (Lipinski definition) is 6. The predicted octanol–water partition coefficient (Wildman–Crippen LogP) is 2.91. The number of rotatable bonds is 11. The van der Waals surface area contributed by atoms with Crippen molar-refractivity contribution in [3.8, 4) is 11.5 Å². The topological polar surface area (TPSA) is 106 Å². The van der Waals surface area contributed by atoms with E-state index in [9.17, 15) is 14.4 Å². The highest BCUT2D eigenvalue weighted by Gasteiger charge is 2.32. The summed E-state index contributed by atoms with van der Waals surface area (Å²) in [5.74, 6) is 0.216. The summed E-state index contributed by atoms with van der Waals surface area (Å²) in [6, 6.07) is 3.99. The number of likely N-dealkylation sites (N-methyl/N-ethyl adjacent to an activating group) is 1. The average molecular weight is 448 g/mol. The third-order valence-corrected chi connectivity index (χ3v) is 4.99. The molecular formula is C23H33N3O6. The van der Waals surface area contributed by atoms with Crippen molar-refractivity contribution in [3.63, 3.8) is 0 Å². The molecule has 2 N–H and O–H groups in total. The fourth-order valence-corrected chi connectivity index (χ4v) is 3.39. The summed E-state index contributed by atoms with van der Waals surface area (Å²) >= 11 is 0. The number of carbonyl (C=O) groups is 3. The van der Waals surface area contributed by atoms with Crippen LogP contribution in [-0.2, 0) is 14.3 Å². The molecule has 1 aromatic carbocycles. The SMILES string of the molecule is CCCOC(=O)C1=C(C)NC(=O)NC1c1ccc(OCC(=O)N(CC)CC)c(OCC)c1. The van der Waals surface area contributed by atoms with E-state index >= 15 is 0 Å². The van der Waals surface area contributed by atoms with E-state index in [4.69, 9.17) is 14.2 Å². The second-order valence-electron chi connectivity index (χ2n) is 7.20. The van der Waals surface area contributed by atoms with Crippen LogP contribution in [0.1, 0.15) is 52.6 Å². The van der Waals surface area contributed by atoms with Crippen LogP contribution in [0, 0.1) is 0 Å². The van der Waals surface area contributed by atoms with Crippen molar-refractivity contribution in [3.05, 3.63) is 35.0 Å². The predicted molar refractivity (Wildman–Crippen MR) is 119 cm³/mol. The minimum atomic E-state index is -0.710. The van der Waals surface area contributed by atoms with Crippen LogP contribution in [0.3, 0.4) is 0 Å². The number of benzene rings is 1. The lowest BCUT2D eigenvalue weighted by Crippen LogP contribution is -2.45. The van der Waals surface area contributed by atoms with Crippen molar-refractivity contribution in [2.24, 2.45) is 0 Å². The highest BCUT2D eigenvalue weighted by atomic mass is 16.5. The maximum absolute atomic E-state index is 12.7. The molecule has 176 valence electrons. The number of carbonyl (C=O) groups excluding carboxylic acids is 3. The molecule has 0 aromatic heterocycles. The lowest BCUT2D eigenvalue weighted by Gasteiger charge is -2.28. The molecule has 9 nitrogen and oxygen atoms in total. The Kier molecular flexibility index (Phi) is 9.37. The summed E-state index contributed by atoms with van der Waals surface area (Å²) in [6.07, 6.45) is 0.690. The van der Waals surface area contributed by atoms with Gasteiger partial charge < -0.3 is 29.7 Å². The monoisotopic (exact) mass is 447 g/mol. The van der Waals surface area contributed by atoms with Gasteiger partial charge in [0, 0.05) is 18.8 Å². The van der Waals surface area contributed by atoms with Crippen molar-refractivity contribution in [2.45, 2.75) is 47.1 Å². The fourth-order valence-electron chi connectivity index (χ4n) is 3.39. The lowest BCUT2D eigenvalue weighted by molar-refractivity contribution is -0.139. The van der Waals surface area contributed by atoms with Gasteiger partial charge >= 0.3 is 12.0 Å². The van der Waals surface area contributed by atoms with E-state index in [1.54, 1.807) is 30.0 Å². The number of ether oxygens (including phenoxy) is 3. The molecule has 0 aliphatic carbocycles. The Labute approximate surface area is 189 Å². The number of hydrogen-bond donors (Lipinski definition) is 2. The Hall–Kier alpha value is -3.23. The van der Waals surface area contributed by atoms with Gasteiger partial charge in [-0.1, -0.05) is 13.0 Å². The van der Waals surface area contributed by atoms with Gasteiger partial charge in [0.05, 0.1) is 24.8 Å². The minimum Gasteiger partial charge on any atom is -0.490 e. The number of urea groups is 1. The van der Waals surface area contributed by atoms with Crippen molar-refractivity contribution >= 4 is 17.9 Å². The number of nitrogens with zero attached hydrogens (tertiary/aromatic N) is 1. The van der Waals surface area contributed by atoms with Crippen LogP contribution in [0.5, 0.6) is 11.5 Å². The summed E-state index contributed by atoms with van der Waals surface area (Å²) in [4.78, 5) is 38.7. The van der Waals surface area contributed by atoms with E-state index in [0.29, 0.717) is 54.4 Å². The van der Waals surface area contributed by atoms with E-state index < -0.39 is 18.0 Å². The van der Waals surface area contributed by atoms with E-state index in [-0.39, 0.29) is 19.1 Å². The molecule has 2 rings (SSSR count). The quantitative estimate of drug-likeness (QED) is 0.505. The second kappa shape index (κ2) is 12.0. The molecule has 1 aliphatic rings. The van der Waals surface area contributed by atoms with Gasteiger partial charge in [-0.25, -0.2) is 9.59 Å². The largest absolute Gasteiger partial charge is 0.490 e. The first-order valence-electron chi connectivity index (χ1n) is 11.0. The van der Waals surface area contributed by atoms with E-state index in [1.165, 1.54) is 0 Å². The molecule has 1 unspecified atom stereocenters. The molecule has 3 amide bonds. The van der Waals surface area contributed by atoms with Crippen LogP contribution in [0.25, 0.3) is 0 Å². The second-order valence-corrected chi connectivity index (χ2v) is 7.20. The normalized spacial score (nSPS) is 15.5. The fraction of sp³-hybridized carbons (Fsp3) is 0.522. The molecule has 1 heterocycles.